The van der Waals surface area contributed by atoms with Crippen molar-refractivity contribution in [2.75, 3.05) is 57.9 Å². The lowest BCUT2D eigenvalue weighted by Crippen LogP contribution is -2.40. The maximum Gasteiger partial charge on any atom is 0.406 e. The average molecular weight is 437 g/mol. The van der Waals surface area contributed by atoms with Gasteiger partial charge in [-0.25, -0.2) is 8.42 Å². The van der Waals surface area contributed by atoms with Crippen LogP contribution in [0.2, 0.25) is 0 Å². The summed E-state index contributed by atoms with van der Waals surface area (Å²) in [6, 6.07) is 4.04. The van der Waals surface area contributed by atoms with Crippen molar-refractivity contribution in [1.29, 1.82) is 0 Å². The van der Waals surface area contributed by atoms with Crippen LogP contribution in [0.15, 0.2) is 23.1 Å². The summed E-state index contributed by atoms with van der Waals surface area (Å²) in [5.41, 5.74) is 0.317. The van der Waals surface area contributed by atoms with Crippen molar-refractivity contribution in [2.24, 2.45) is 0 Å². The summed E-state index contributed by atoms with van der Waals surface area (Å²) in [7, 11) is -2.82. The summed E-state index contributed by atoms with van der Waals surface area (Å²) in [5, 5.41) is 0. The number of rotatable bonds is 7. The van der Waals surface area contributed by atoms with Gasteiger partial charge in [-0.05, 0) is 18.2 Å². The molecule has 1 fully saturated rings. The van der Waals surface area contributed by atoms with Crippen molar-refractivity contribution >= 4 is 21.6 Å². The minimum Gasteiger partial charge on any atom is -0.378 e. The van der Waals surface area contributed by atoms with Gasteiger partial charge in [0.1, 0.15) is 6.54 Å². The molecule has 0 N–H and O–H groups in total. The molecule has 0 saturated carbocycles. The Morgan fingerprint density at radius 3 is 2.28 bits per heavy atom. The Balaban J connectivity index is 2.52. The van der Waals surface area contributed by atoms with Crippen LogP contribution in [0.25, 0.3) is 0 Å². The van der Waals surface area contributed by atoms with Crippen molar-refractivity contribution in [3.63, 3.8) is 0 Å². The first-order valence-corrected chi connectivity index (χ1v) is 10.7. The number of halogens is 3. The molecule has 1 aromatic rings. The number of anilines is 1. The number of sulfonamides is 1. The summed E-state index contributed by atoms with van der Waals surface area (Å²) in [6.07, 6.45) is -4.56. The molecule has 0 spiro atoms. The first-order valence-electron chi connectivity index (χ1n) is 9.30. The van der Waals surface area contributed by atoms with Gasteiger partial charge in [0.2, 0.25) is 10.0 Å². The predicted octanol–water partition coefficient (Wildman–Crippen LogP) is 2.19. The lowest BCUT2D eigenvalue weighted by molar-refractivity contribution is -0.138. The molecule has 1 heterocycles. The minimum absolute atomic E-state index is 0.0770. The summed E-state index contributed by atoms with van der Waals surface area (Å²) in [4.78, 5) is 15.1. The predicted molar refractivity (Wildman–Crippen MR) is 103 cm³/mol. The van der Waals surface area contributed by atoms with Crippen molar-refractivity contribution in [2.45, 2.75) is 24.9 Å². The minimum atomic E-state index is -4.56. The molecule has 1 aliphatic rings. The van der Waals surface area contributed by atoms with Crippen LogP contribution in [0.3, 0.4) is 0 Å². The van der Waals surface area contributed by atoms with E-state index in [9.17, 15) is 26.4 Å². The molecule has 1 amide bonds. The SMILES string of the molecule is CCN(CC)S(=O)(=O)c1ccc(N2CCOCC2)c(C(=O)N(C)CC(F)(F)F)c1. The Hall–Kier alpha value is -1.85. The third kappa shape index (κ3) is 5.61. The van der Waals surface area contributed by atoms with Crippen LogP contribution in [-0.2, 0) is 14.8 Å². The third-order valence-corrected chi connectivity index (χ3v) is 6.70. The molecule has 1 aliphatic heterocycles. The van der Waals surface area contributed by atoms with Crippen LogP contribution in [0.4, 0.5) is 18.9 Å². The number of morpholine rings is 1. The number of nitrogens with zero attached hydrogens (tertiary/aromatic N) is 3. The van der Waals surface area contributed by atoms with E-state index >= 15 is 0 Å². The topological polar surface area (TPSA) is 70.2 Å². The zero-order valence-corrected chi connectivity index (χ0v) is 17.5. The highest BCUT2D eigenvalue weighted by Gasteiger charge is 2.33. The molecule has 0 bridgehead atoms. The van der Waals surface area contributed by atoms with E-state index in [1.54, 1.807) is 13.8 Å². The van der Waals surface area contributed by atoms with Gasteiger partial charge in [-0.1, -0.05) is 13.8 Å². The van der Waals surface area contributed by atoms with Crippen molar-refractivity contribution < 1.29 is 31.1 Å². The first kappa shape index (κ1) is 23.4. The molecule has 0 unspecified atom stereocenters. The Morgan fingerprint density at radius 1 is 1.17 bits per heavy atom. The fraction of sp³-hybridized carbons (Fsp3) is 0.611. The van der Waals surface area contributed by atoms with E-state index in [0.29, 0.717) is 36.9 Å². The van der Waals surface area contributed by atoms with E-state index in [0.717, 1.165) is 7.05 Å². The number of amides is 1. The van der Waals surface area contributed by atoms with Gasteiger partial charge in [0.25, 0.3) is 5.91 Å². The molecule has 2 rings (SSSR count). The zero-order chi connectivity index (χ0) is 21.8. The van der Waals surface area contributed by atoms with Gasteiger partial charge in [-0.2, -0.15) is 17.5 Å². The van der Waals surface area contributed by atoms with E-state index < -0.39 is 28.7 Å². The number of hydrogen-bond acceptors (Lipinski definition) is 5. The maximum atomic E-state index is 12.8. The Morgan fingerprint density at radius 2 is 1.76 bits per heavy atom. The quantitative estimate of drug-likeness (QED) is 0.654. The second kappa shape index (κ2) is 9.31. The number of ether oxygens (including phenoxy) is 1. The van der Waals surface area contributed by atoms with Crippen molar-refractivity contribution in [3.8, 4) is 0 Å². The molecular formula is C18H26F3N3O4S. The molecule has 11 heteroatoms. The maximum absolute atomic E-state index is 12.8. The van der Waals surface area contributed by atoms with E-state index in [2.05, 4.69) is 0 Å². The van der Waals surface area contributed by atoms with Crippen molar-refractivity contribution in [1.82, 2.24) is 9.21 Å². The third-order valence-electron chi connectivity index (χ3n) is 4.66. The molecule has 1 saturated heterocycles. The summed E-state index contributed by atoms with van der Waals surface area (Å²) in [5.74, 6) is -0.889. The lowest BCUT2D eigenvalue weighted by Gasteiger charge is -2.31. The van der Waals surface area contributed by atoms with Gasteiger partial charge in [-0.15, -0.1) is 0 Å². The number of carbonyl (C=O) groups excluding carboxylic acids is 1. The van der Waals surface area contributed by atoms with Crippen LogP contribution >= 0.6 is 0 Å². The van der Waals surface area contributed by atoms with Crippen LogP contribution < -0.4 is 4.90 Å². The van der Waals surface area contributed by atoms with Gasteiger partial charge >= 0.3 is 6.18 Å². The van der Waals surface area contributed by atoms with E-state index in [1.807, 2.05) is 4.90 Å². The molecule has 164 valence electrons. The van der Waals surface area contributed by atoms with Gasteiger partial charge in [-0.3, -0.25) is 4.79 Å². The zero-order valence-electron chi connectivity index (χ0n) is 16.7. The Bertz CT molecular complexity index is 820. The number of hydrogen-bond donors (Lipinski definition) is 0. The van der Waals surface area contributed by atoms with Crippen molar-refractivity contribution in [3.05, 3.63) is 23.8 Å². The van der Waals surface area contributed by atoms with Crippen LogP contribution in [-0.4, -0.2) is 82.7 Å². The number of alkyl halides is 3. The van der Waals surface area contributed by atoms with E-state index in [4.69, 9.17) is 4.74 Å². The molecule has 0 aromatic heterocycles. The highest BCUT2D eigenvalue weighted by Crippen LogP contribution is 2.28. The standard InChI is InChI=1S/C18H26F3N3O4S/c1-4-24(5-2)29(26,27)14-6-7-16(23-8-10-28-11-9-23)15(12-14)17(25)22(3)13-18(19,20)21/h6-7,12H,4-5,8-11,13H2,1-3H3. The highest BCUT2D eigenvalue weighted by atomic mass is 32.2. The summed E-state index contributed by atoms with van der Waals surface area (Å²) >= 11 is 0. The molecule has 7 nitrogen and oxygen atoms in total. The number of benzene rings is 1. The average Bonchev–Trinajstić information content (AvgIpc) is 2.67. The number of carbonyl (C=O) groups is 1. The normalized spacial score (nSPS) is 15.6. The second-order valence-electron chi connectivity index (χ2n) is 6.64. The van der Waals surface area contributed by atoms with E-state index in [-0.39, 0.29) is 23.5 Å². The largest absolute Gasteiger partial charge is 0.406 e. The molecular weight excluding hydrogens is 411 g/mol. The highest BCUT2D eigenvalue weighted by molar-refractivity contribution is 7.89. The smallest absolute Gasteiger partial charge is 0.378 e. The van der Waals surface area contributed by atoms with Gasteiger partial charge in [0.05, 0.1) is 23.7 Å². The summed E-state index contributed by atoms with van der Waals surface area (Å²) in [6.45, 7) is 4.14. The van der Waals surface area contributed by atoms with Crippen LogP contribution in [0, 0.1) is 0 Å². The Kier molecular flexibility index (Phi) is 7.52. The molecule has 0 atom stereocenters. The van der Waals surface area contributed by atoms with Gasteiger partial charge < -0.3 is 14.5 Å². The van der Waals surface area contributed by atoms with E-state index in [1.165, 1.54) is 22.5 Å². The summed E-state index contributed by atoms with van der Waals surface area (Å²) < 4.78 is 70.5. The Labute approximate surface area is 169 Å². The molecule has 0 aliphatic carbocycles. The van der Waals surface area contributed by atoms with Crippen LogP contribution in [0.5, 0.6) is 0 Å². The molecule has 1 aromatic carbocycles. The fourth-order valence-electron chi connectivity index (χ4n) is 3.19. The molecule has 0 radical (unpaired) electrons. The second-order valence-corrected chi connectivity index (χ2v) is 8.58. The molecule has 29 heavy (non-hydrogen) atoms. The van der Waals surface area contributed by atoms with Crippen LogP contribution in [0.1, 0.15) is 24.2 Å². The first-order chi connectivity index (χ1) is 13.5. The fourth-order valence-corrected chi connectivity index (χ4v) is 4.67. The lowest BCUT2D eigenvalue weighted by atomic mass is 10.1. The monoisotopic (exact) mass is 437 g/mol. The van der Waals surface area contributed by atoms with Gasteiger partial charge in [0, 0.05) is 38.9 Å². The van der Waals surface area contributed by atoms with Gasteiger partial charge in [0.15, 0.2) is 0 Å².